The third-order valence-corrected chi connectivity index (χ3v) is 3.44. The standard InChI is InChI=1S/C18H18N4/c1-14-8-10-15(11-9-14)20-18-19-13-12-17(21-18)22(2)16-6-4-3-5-7-16/h3-13H,1-2H3,(H,19,20,21). The molecule has 0 aliphatic heterocycles. The molecule has 0 saturated heterocycles. The molecule has 0 aliphatic carbocycles. The topological polar surface area (TPSA) is 41.1 Å². The third-order valence-electron chi connectivity index (χ3n) is 3.44. The molecule has 2 aromatic carbocycles. The van der Waals surface area contributed by atoms with Gasteiger partial charge in [-0.1, -0.05) is 35.9 Å². The summed E-state index contributed by atoms with van der Waals surface area (Å²) in [6, 6.07) is 20.2. The first kappa shape index (κ1) is 14.1. The lowest BCUT2D eigenvalue weighted by atomic mass is 10.2. The van der Waals surface area contributed by atoms with E-state index in [1.54, 1.807) is 6.20 Å². The molecule has 0 radical (unpaired) electrons. The van der Waals surface area contributed by atoms with Crippen LogP contribution in [0.1, 0.15) is 5.56 Å². The summed E-state index contributed by atoms with van der Waals surface area (Å²) in [5.41, 5.74) is 3.29. The van der Waals surface area contributed by atoms with Crippen LogP contribution in [0.5, 0.6) is 0 Å². The van der Waals surface area contributed by atoms with E-state index in [1.807, 2.05) is 48.3 Å². The third kappa shape index (κ3) is 3.23. The summed E-state index contributed by atoms with van der Waals surface area (Å²) in [5.74, 6) is 1.43. The fraction of sp³-hybridized carbons (Fsp3) is 0.111. The average Bonchev–Trinajstić information content (AvgIpc) is 2.57. The molecular formula is C18H18N4. The Labute approximate surface area is 130 Å². The van der Waals surface area contributed by atoms with Gasteiger partial charge >= 0.3 is 0 Å². The van der Waals surface area contributed by atoms with E-state index in [-0.39, 0.29) is 0 Å². The summed E-state index contributed by atoms with van der Waals surface area (Å²) >= 11 is 0. The number of para-hydroxylation sites is 1. The van der Waals surface area contributed by atoms with E-state index in [1.165, 1.54) is 5.56 Å². The minimum atomic E-state index is 0.587. The average molecular weight is 290 g/mol. The van der Waals surface area contributed by atoms with Crippen molar-refractivity contribution in [3.63, 3.8) is 0 Å². The Hall–Kier alpha value is -2.88. The van der Waals surface area contributed by atoms with Crippen LogP contribution in [0.4, 0.5) is 23.1 Å². The number of rotatable bonds is 4. The predicted octanol–water partition coefficient (Wildman–Crippen LogP) is 4.30. The van der Waals surface area contributed by atoms with Gasteiger partial charge in [0.25, 0.3) is 0 Å². The predicted molar refractivity (Wildman–Crippen MR) is 91.0 cm³/mol. The second-order valence-electron chi connectivity index (χ2n) is 5.12. The van der Waals surface area contributed by atoms with E-state index in [2.05, 4.69) is 46.5 Å². The van der Waals surface area contributed by atoms with E-state index in [4.69, 9.17) is 0 Å². The molecule has 1 aromatic heterocycles. The molecule has 0 fully saturated rings. The van der Waals surface area contributed by atoms with Crippen LogP contribution in [-0.2, 0) is 0 Å². The van der Waals surface area contributed by atoms with Gasteiger partial charge in [0.05, 0.1) is 0 Å². The maximum Gasteiger partial charge on any atom is 0.229 e. The molecule has 0 atom stereocenters. The molecule has 0 amide bonds. The molecule has 110 valence electrons. The zero-order valence-corrected chi connectivity index (χ0v) is 12.7. The lowest BCUT2D eigenvalue weighted by Gasteiger charge is -2.18. The maximum absolute atomic E-state index is 4.57. The SMILES string of the molecule is Cc1ccc(Nc2nccc(N(C)c3ccccc3)n2)cc1. The highest BCUT2D eigenvalue weighted by atomic mass is 15.2. The van der Waals surface area contributed by atoms with Crippen LogP contribution in [0.15, 0.2) is 66.9 Å². The smallest absolute Gasteiger partial charge is 0.229 e. The molecule has 22 heavy (non-hydrogen) atoms. The number of nitrogens with zero attached hydrogens (tertiary/aromatic N) is 3. The van der Waals surface area contributed by atoms with E-state index in [0.29, 0.717) is 5.95 Å². The van der Waals surface area contributed by atoms with Crippen LogP contribution >= 0.6 is 0 Å². The summed E-state index contributed by atoms with van der Waals surface area (Å²) in [6.07, 6.45) is 1.76. The summed E-state index contributed by atoms with van der Waals surface area (Å²) in [6.45, 7) is 2.07. The monoisotopic (exact) mass is 290 g/mol. The summed E-state index contributed by atoms with van der Waals surface area (Å²) in [7, 11) is 1.99. The van der Waals surface area contributed by atoms with Gasteiger partial charge in [-0.2, -0.15) is 4.98 Å². The molecule has 3 aromatic rings. The zero-order chi connectivity index (χ0) is 15.4. The second kappa shape index (κ2) is 6.26. The highest BCUT2D eigenvalue weighted by molar-refractivity contribution is 5.61. The van der Waals surface area contributed by atoms with Gasteiger partial charge in [-0.3, -0.25) is 0 Å². The maximum atomic E-state index is 4.57. The highest BCUT2D eigenvalue weighted by Crippen LogP contribution is 2.22. The summed E-state index contributed by atoms with van der Waals surface area (Å²) in [4.78, 5) is 10.9. The fourth-order valence-corrected chi connectivity index (χ4v) is 2.15. The number of hydrogen-bond acceptors (Lipinski definition) is 4. The molecule has 1 N–H and O–H groups in total. The van der Waals surface area contributed by atoms with Gasteiger partial charge in [0.15, 0.2) is 0 Å². The van der Waals surface area contributed by atoms with Crippen molar-refractivity contribution in [3.8, 4) is 0 Å². The number of nitrogens with one attached hydrogen (secondary N) is 1. The second-order valence-corrected chi connectivity index (χ2v) is 5.12. The highest BCUT2D eigenvalue weighted by Gasteiger charge is 2.06. The van der Waals surface area contributed by atoms with Crippen LogP contribution in [0.25, 0.3) is 0 Å². The quantitative estimate of drug-likeness (QED) is 0.778. The number of aryl methyl sites for hydroxylation is 1. The molecular weight excluding hydrogens is 272 g/mol. The molecule has 0 saturated carbocycles. The van der Waals surface area contributed by atoms with Crippen LogP contribution in [0.3, 0.4) is 0 Å². The van der Waals surface area contributed by atoms with Crippen molar-refractivity contribution >= 4 is 23.1 Å². The number of anilines is 4. The Bertz CT molecular complexity index is 739. The van der Waals surface area contributed by atoms with Crippen molar-refractivity contribution in [2.75, 3.05) is 17.3 Å². The first-order valence-corrected chi connectivity index (χ1v) is 7.18. The lowest BCUT2D eigenvalue weighted by molar-refractivity contribution is 1.08. The summed E-state index contributed by atoms with van der Waals surface area (Å²) in [5, 5.41) is 3.23. The Balaban J connectivity index is 1.82. The zero-order valence-electron chi connectivity index (χ0n) is 12.7. The molecule has 4 heteroatoms. The van der Waals surface area contributed by atoms with Gasteiger partial charge in [0.2, 0.25) is 5.95 Å². The van der Waals surface area contributed by atoms with E-state index >= 15 is 0 Å². The van der Waals surface area contributed by atoms with Gasteiger partial charge in [-0.25, -0.2) is 4.98 Å². The minimum absolute atomic E-state index is 0.587. The molecule has 1 heterocycles. The number of hydrogen-bond donors (Lipinski definition) is 1. The Morgan fingerprint density at radius 1 is 0.909 bits per heavy atom. The molecule has 3 rings (SSSR count). The van der Waals surface area contributed by atoms with E-state index in [0.717, 1.165) is 17.2 Å². The molecule has 0 bridgehead atoms. The molecule has 4 nitrogen and oxygen atoms in total. The first-order valence-electron chi connectivity index (χ1n) is 7.18. The Kier molecular flexibility index (Phi) is 4.01. The van der Waals surface area contributed by atoms with Gasteiger partial charge in [0.1, 0.15) is 5.82 Å². The first-order chi connectivity index (χ1) is 10.7. The minimum Gasteiger partial charge on any atom is -0.329 e. The van der Waals surface area contributed by atoms with Crippen molar-refractivity contribution in [3.05, 3.63) is 72.4 Å². The normalized spacial score (nSPS) is 10.3. The van der Waals surface area contributed by atoms with Crippen molar-refractivity contribution in [1.29, 1.82) is 0 Å². The van der Waals surface area contributed by atoms with Gasteiger partial charge < -0.3 is 10.2 Å². The molecule has 0 unspecified atom stereocenters. The van der Waals surface area contributed by atoms with Gasteiger partial charge in [-0.05, 0) is 37.3 Å². The lowest BCUT2D eigenvalue weighted by Crippen LogP contribution is -2.12. The Morgan fingerprint density at radius 2 is 1.64 bits per heavy atom. The molecule has 0 aliphatic rings. The van der Waals surface area contributed by atoms with Crippen molar-refractivity contribution in [2.45, 2.75) is 6.92 Å². The van der Waals surface area contributed by atoms with Crippen LogP contribution in [-0.4, -0.2) is 17.0 Å². The van der Waals surface area contributed by atoms with Crippen molar-refractivity contribution in [2.24, 2.45) is 0 Å². The Morgan fingerprint density at radius 3 is 2.36 bits per heavy atom. The van der Waals surface area contributed by atoms with Crippen molar-refractivity contribution in [1.82, 2.24) is 9.97 Å². The summed E-state index contributed by atoms with van der Waals surface area (Å²) < 4.78 is 0. The van der Waals surface area contributed by atoms with Crippen LogP contribution in [0, 0.1) is 6.92 Å². The van der Waals surface area contributed by atoms with E-state index in [9.17, 15) is 0 Å². The largest absolute Gasteiger partial charge is 0.329 e. The number of benzene rings is 2. The van der Waals surface area contributed by atoms with Gasteiger partial charge in [-0.15, -0.1) is 0 Å². The fourth-order valence-electron chi connectivity index (χ4n) is 2.15. The van der Waals surface area contributed by atoms with Crippen LogP contribution in [0.2, 0.25) is 0 Å². The molecule has 0 spiro atoms. The number of aromatic nitrogens is 2. The van der Waals surface area contributed by atoms with Crippen molar-refractivity contribution < 1.29 is 0 Å². The van der Waals surface area contributed by atoms with Gasteiger partial charge in [0, 0.05) is 24.6 Å². The van der Waals surface area contributed by atoms with Crippen LogP contribution < -0.4 is 10.2 Å². The van der Waals surface area contributed by atoms with E-state index < -0.39 is 0 Å².